The van der Waals surface area contributed by atoms with E-state index in [0.29, 0.717) is 5.03 Å². The lowest BCUT2D eigenvalue weighted by atomic mass is 10.1. The minimum absolute atomic E-state index is 0.0837. The Hall–Kier alpha value is -2.33. The fourth-order valence-electron chi connectivity index (χ4n) is 1.72. The van der Waals surface area contributed by atoms with Crippen LogP contribution in [-0.4, -0.2) is 23.3 Å². The molecule has 1 fully saturated rings. The van der Waals surface area contributed by atoms with Gasteiger partial charge in [-0.15, -0.1) is 0 Å². The summed E-state index contributed by atoms with van der Waals surface area (Å²) < 4.78 is 0. The number of hydrogen-bond acceptors (Lipinski definition) is 3. The molecule has 1 aromatic rings. The maximum absolute atomic E-state index is 11.4. The second kappa shape index (κ2) is 6.21. The molecule has 0 atom stereocenters. The topological polar surface area (TPSA) is 66.4 Å². The number of hydrogen-bond donors (Lipinski definition) is 2. The van der Waals surface area contributed by atoms with Gasteiger partial charge in [-0.05, 0) is 23.8 Å². The highest BCUT2D eigenvalue weighted by molar-refractivity contribution is 6.33. The second-order valence-electron chi connectivity index (χ2n) is 4.14. The number of aliphatic hydroxyl groups excluding tert-OH is 1. The van der Waals surface area contributed by atoms with Crippen molar-refractivity contribution in [3.8, 4) is 0 Å². The summed E-state index contributed by atoms with van der Waals surface area (Å²) in [6.07, 6.45) is 4.36. The Morgan fingerprint density at radius 1 is 1.20 bits per heavy atom. The largest absolute Gasteiger partial charge is 0.507 e. The molecule has 1 aliphatic rings. The molecule has 1 amide bonds. The number of aliphatic hydroxyl groups is 1. The minimum atomic E-state index is -0.569. The summed E-state index contributed by atoms with van der Waals surface area (Å²) in [5.41, 5.74) is 0.675. The molecule has 5 heteroatoms. The first kappa shape index (κ1) is 14.1. The summed E-state index contributed by atoms with van der Waals surface area (Å²) in [5, 5.41) is 12.4. The maximum Gasteiger partial charge on any atom is 0.259 e. The van der Waals surface area contributed by atoms with E-state index >= 15 is 0 Å². The van der Waals surface area contributed by atoms with E-state index in [0.717, 1.165) is 5.56 Å². The van der Waals surface area contributed by atoms with E-state index < -0.39 is 11.7 Å². The van der Waals surface area contributed by atoms with Crippen molar-refractivity contribution in [1.82, 2.24) is 5.32 Å². The molecule has 0 spiro atoms. The van der Waals surface area contributed by atoms with Crippen LogP contribution in [-0.2, 0) is 9.59 Å². The van der Waals surface area contributed by atoms with Crippen LogP contribution in [0.5, 0.6) is 0 Å². The van der Waals surface area contributed by atoms with Crippen molar-refractivity contribution < 1.29 is 14.7 Å². The third-order valence-corrected chi connectivity index (χ3v) is 2.91. The molecule has 0 aromatic heterocycles. The highest BCUT2D eigenvalue weighted by atomic mass is 35.5. The first-order valence-electron chi connectivity index (χ1n) is 5.93. The van der Waals surface area contributed by atoms with Crippen LogP contribution in [0.4, 0.5) is 0 Å². The van der Waals surface area contributed by atoms with E-state index in [-0.39, 0.29) is 17.9 Å². The molecule has 0 radical (unpaired) electrons. The van der Waals surface area contributed by atoms with E-state index in [9.17, 15) is 14.7 Å². The van der Waals surface area contributed by atoms with Gasteiger partial charge in [-0.2, -0.15) is 0 Å². The Kier molecular flexibility index (Phi) is 4.38. The number of amides is 1. The number of allylic oxidation sites excluding steroid dienone is 3. The Balaban J connectivity index is 2.17. The number of nitrogens with one attached hydrogen (secondary N) is 1. The van der Waals surface area contributed by atoms with Gasteiger partial charge in [0.25, 0.3) is 5.91 Å². The highest BCUT2D eigenvalue weighted by Gasteiger charge is 2.28. The molecule has 1 saturated heterocycles. The summed E-state index contributed by atoms with van der Waals surface area (Å²) in [6.45, 7) is -0.0837. The molecule has 0 bridgehead atoms. The van der Waals surface area contributed by atoms with Gasteiger partial charge in [0.15, 0.2) is 5.78 Å². The third-order valence-electron chi connectivity index (χ3n) is 2.68. The van der Waals surface area contributed by atoms with Gasteiger partial charge < -0.3 is 10.4 Å². The van der Waals surface area contributed by atoms with Crippen LogP contribution in [0.3, 0.4) is 0 Å². The summed E-state index contributed by atoms with van der Waals surface area (Å²) in [4.78, 5) is 22.7. The van der Waals surface area contributed by atoms with Crippen molar-refractivity contribution in [3.63, 3.8) is 0 Å². The van der Waals surface area contributed by atoms with Crippen molar-refractivity contribution in [2.45, 2.75) is 0 Å². The zero-order chi connectivity index (χ0) is 14.5. The average molecular weight is 290 g/mol. The predicted molar refractivity (Wildman–Crippen MR) is 77.1 cm³/mol. The predicted octanol–water partition coefficient (Wildman–Crippen LogP) is 2.33. The maximum atomic E-state index is 11.4. The van der Waals surface area contributed by atoms with Crippen LogP contribution in [0.1, 0.15) is 5.56 Å². The minimum Gasteiger partial charge on any atom is -0.507 e. The van der Waals surface area contributed by atoms with Gasteiger partial charge in [-0.3, -0.25) is 9.59 Å². The molecule has 2 rings (SSSR count). The lowest BCUT2D eigenvalue weighted by molar-refractivity contribution is -0.117. The van der Waals surface area contributed by atoms with Crippen LogP contribution in [0, 0.1) is 0 Å². The van der Waals surface area contributed by atoms with Gasteiger partial charge in [-0.25, -0.2) is 0 Å². The molecule has 2 N–H and O–H groups in total. The van der Waals surface area contributed by atoms with Gasteiger partial charge in [0, 0.05) is 5.03 Å². The molecule has 0 unspecified atom stereocenters. The van der Waals surface area contributed by atoms with Crippen LogP contribution in [0.2, 0.25) is 0 Å². The van der Waals surface area contributed by atoms with E-state index in [1.54, 1.807) is 6.08 Å². The van der Waals surface area contributed by atoms with Gasteiger partial charge in [0.05, 0.1) is 6.54 Å². The lowest BCUT2D eigenvalue weighted by Gasteiger charge is -1.96. The first-order valence-corrected chi connectivity index (χ1v) is 6.30. The number of benzene rings is 1. The number of carbonyl (C=O) groups excluding carboxylic acids is 2. The Morgan fingerprint density at radius 3 is 2.50 bits per heavy atom. The number of halogens is 1. The van der Waals surface area contributed by atoms with Crippen molar-refractivity contribution in [2.24, 2.45) is 0 Å². The Bertz CT molecular complexity index is 612. The van der Waals surface area contributed by atoms with E-state index in [2.05, 4.69) is 5.32 Å². The molecular formula is C15H12ClNO3. The molecule has 1 aromatic carbocycles. The first-order chi connectivity index (χ1) is 9.58. The SMILES string of the molecule is O=C1CNC(=O)/C1=C(O)/C=C/C(Cl)=C/c1ccccc1. The van der Waals surface area contributed by atoms with Gasteiger partial charge in [-0.1, -0.05) is 41.9 Å². The Labute approximate surface area is 121 Å². The number of rotatable bonds is 3. The summed E-state index contributed by atoms with van der Waals surface area (Å²) in [5.74, 6) is -1.38. The molecular weight excluding hydrogens is 278 g/mol. The number of ketones is 1. The molecule has 1 heterocycles. The zero-order valence-corrected chi connectivity index (χ0v) is 11.2. The smallest absolute Gasteiger partial charge is 0.259 e. The number of Topliss-reactive ketones (excluding diaryl/α,β-unsaturated/α-hetero) is 1. The van der Waals surface area contributed by atoms with Gasteiger partial charge >= 0.3 is 0 Å². The zero-order valence-electron chi connectivity index (χ0n) is 10.5. The third kappa shape index (κ3) is 3.36. The normalized spacial score (nSPS) is 18.6. The van der Waals surface area contributed by atoms with Crippen LogP contribution in [0.15, 0.2) is 58.8 Å². The lowest BCUT2D eigenvalue weighted by Crippen LogP contribution is -2.14. The highest BCUT2D eigenvalue weighted by Crippen LogP contribution is 2.14. The molecule has 1 aliphatic heterocycles. The van der Waals surface area contributed by atoms with Crippen LogP contribution < -0.4 is 5.32 Å². The van der Waals surface area contributed by atoms with Crippen molar-refractivity contribution in [3.05, 3.63) is 64.4 Å². The summed E-state index contributed by atoms with van der Waals surface area (Å²) >= 11 is 5.99. The fourth-order valence-corrected chi connectivity index (χ4v) is 1.91. The molecule has 102 valence electrons. The summed E-state index contributed by atoms with van der Waals surface area (Å²) in [7, 11) is 0. The number of carbonyl (C=O) groups is 2. The quantitative estimate of drug-likeness (QED) is 0.388. The fraction of sp³-hybridized carbons (Fsp3) is 0.0667. The van der Waals surface area contributed by atoms with Crippen LogP contribution >= 0.6 is 11.6 Å². The molecule has 4 nitrogen and oxygen atoms in total. The molecule has 0 aliphatic carbocycles. The van der Waals surface area contributed by atoms with Gasteiger partial charge in [0.1, 0.15) is 11.3 Å². The standard InChI is InChI=1S/C15H12ClNO3/c16-11(8-10-4-2-1-3-5-10)6-7-12(18)14-13(19)9-17-15(14)20/h1-8,18H,9H2,(H,17,20)/b7-6+,11-8-,14-12-. The van der Waals surface area contributed by atoms with Crippen LogP contribution in [0.25, 0.3) is 6.08 Å². The Morgan fingerprint density at radius 2 is 1.90 bits per heavy atom. The second-order valence-corrected chi connectivity index (χ2v) is 4.58. The average Bonchev–Trinajstić information content (AvgIpc) is 2.77. The van der Waals surface area contributed by atoms with Crippen molar-refractivity contribution in [1.29, 1.82) is 0 Å². The van der Waals surface area contributed by atoms with Crippen molar-refractivity contribution in [2.75, 3.05) is 6.54 Å². The molecule has 20 heavy (non-hydrogen) atoms. The van der Waals surface area contributed by atoms with E-state index in [4.69, 9.17) is 11.6 Å². The van der Waals surface area contributed by atoms with E-state index in [1.807, 2.05) is 30.3 Å². The monoisotopic (exact) mass is 289 g/mol. The molecule has 0 saturated carbocycles. The van der Waals surface area contributed by atoms with Gasteiger partial charge in [0.2, 0.25) is 0 Å². The van der Waals surface area contributed by atoms with Crippen molar-refractivity contribution >= 4 is 29.4 Å². The van der Waals surface area contributed by atoms with E-state index in [1.165, 1.54) is 12.2 Å². The summed E-state index contributed by atoms with van der Waals surface area (Å²) in [6, 6.07) is 9.40.